The van der Waals surface area contributed by atoms with Gasteiger partial charge in [-0.3, -0.25) is 0 Å². The molecular weight excluding hydrogens is 244 g/mol. The summed E-state index contributed by atoms with van der Waals surface area (Å²) < 4.78 is 4.25. The third kappa shape index (κ3) is 8.80. The van der Waals surface area contributed by atoms with Crippen LogP contribution in [0.15, 0.2) is 0 Å². The van der Waals surface area contributed by atoms with Crippen LogP contribution in [0, 0.1) is 0 Å². The molecule has 1 N–H and O–H groups in total. The standard InChI is InChI=1S/C7H15BrO3S/c1-2-3-4-5-7(8)6-12-11-10-9/h7,9H,2-6H2,1H3. The molecule has 0 aromatic carbocycles. The fourth-order valence-electron chi connectivity index (χ4n) is 0.822. The summed E-state index contributed by atoms with van der Waals surface area (Å²) in [5.41, 5.74) is 0. The van der Waals surface area contributed by atoms with Crippen LogP contribution in [-0.2, 0) is 9.37 Å². The fourth-order valence-corrected chi connectivity index (χ4v) is 1.88. The predicted octanol–water partition coefficient (Wildman–Crippen LogP) is 3.40. The molecule has 0 amide bonds. The van der Waals surface area contributed by atoms with Gasteiger partial charge in [0, 0.05) is 22.6 Å². The van der Waals surface area contributed by atoms with Crippen LogP contribution in [-0.4, -0.2) is 15.8 Å². The number of rotatable bonds is 8. The lowest BCUT2D eigenvalue weighted by molar-refractivity contribution is -0.432. The normalized spacial score (nSPS) is 13.2. The SMILES string of the molecule is CCCCCC(Br)CSOOO. The van der Waals surface area contributed by atoms with Crippen LogP contribution in [0.1, 0.15) is 32.6 Å². The van der Waals surface area contributed by atoms with Crippen molar-refractivity contribution in [2.24, 2.45) is 0 Å². The molecule has 0 aliphatic carbocycles. The Bertz CT molecular complexity index is 84.7. The highest BCUT2D eigenvalue weighted by Gasteiger charge is 2.04. The second kappa shape index (κ2) is 9.80. The zero-order chi connectivity index (χ0) is 9.23. The van der Waals surface area contributed by atoms with Crippen LogP contribution >= 0.6 is 28.0 Å². The van der Waals surface area contributed by atoms with Gasteiger partial charge in [-0.05, 0) is 6.42 Å². The maximum absolute atomic E-state index is 7.83. The van der Waals surface area contributed by atoms with Crippen molar-refractivity contribution in [3.8, 4) is 0 Å². The lowest BCUT2D eigenvalue weighted by Crippen LogP contribution is -2.01. The lowest BCUT2D eigenvalue weighted by Gasteiger charge is -2.06. The molecule has 0 aromatic rings. The van der Waals surface area contributed by atoms with Gasteiger partial charge >= 0.3 is 0 Å². The van der Waals surface area contributed by atoms with Crippen molar-refractivity contribution in [1.29, 1.82) is 0 Å². The summed E-state index contributed by atoms with van der Waals surface area (Å²) in [7, 11) is 0. The number of unbranched alkanes of at least 4 members (excludes halogenated alkanes) is 2. The van der Waals surface area contributed by atoms with Gasteiger partial charge in [0.25, 0.3) is 0 Å². The van der Waals surface area contributed by atoms with E-state index in [2.05, 4.69) is 32.2 Å². The first-order valence-corrected chi connectivity index (χ1v) is 5.87. The third-order valence-corrected chi connectivity index (χ3v) is 3.35. The average molecular weight is 259 g/mol. The average Bonchev–Trinajstić information content (AvgIpc) is 2.06. The molecule has 0 aliphatic heterocycles. The first-order chi connectivity index (χ1) is 5.81. The minimum absolute atomic E-state index is 0.434. The van der Waals surface area contributed by atoms with E-state index in [0.717, 1.165) is 24.2 Å². The van der Waals surface area contributed by atoms with Crippen LogP contribution in [0.5, 0.6) is 0 Å². The molecule has 3 nitrogen and oxygen atoms in total. The maximum atomic E-state index is 7.83. The van der Waals surface area contributed by atoms with E-state index >= 15 is 0 Å². The Morgan fingerprint density at radius 3 is 2.83 bits per heavy atom. The molecule has 74 valence electrons. The summed E-state index contributed by atoms with van der Waals surface area (Å²) in [5, 5.41) is 11.3. The van der Waals surface area contributed by atoms with Gasteiger partial charge in [0.1, 0.15) is 0 Å². The smallest absolute Gasteiger partial charge is 0.0357 e. The topological polar surface area (TPSA) is 38.7 Å². The quantitative estimate of drug-likeness (QED) is 0.238. The molecule has 0 radical (unpaired) electrons. The van der Waals surface area contributed by atoms with Crippen LogP contribution in [0.25, 0.3) is 0 Å². The van der Waals surface area contributed by atoms with Crippen LogP contribution in [0.3, 0.4) is 0 Å². The van der Waals surface area contributed by atoms with Crippen molar-refractivity contribution in [3.05, 3.63) is 0 Å². The lowest BCUT2D eigenvalue weighted by atomic mass is 10.2. The highest BCUT2D eigenvalue weighted by atomic mass is 79.9. The van der Waals surface area contributed by atoms with Crippen molar-refractivity contribution < 1.29 is 14.6 Å². The van der Waals surface area contributed by atoms with Crippen molar-refractivity contribution in [2.75, 3.05) is 5.75 Å². The molecule has 1 unspecified atom stereocenters. The van der Waals surface area contributed by atoms with E-state index in [-0.39, 0.29) is 0 Å². The molecule has 0 heterocycles. The van der Waals surface area contributed by atoms with Gasteiger partial charge in [-0.15, -0.1) is 4.33 Å². The third-order valence-electron chi connectivity index (χ3n) is 1.45. The minimum atomic E-state index is 0.434. The molecule has 12 heavy (non-hydrogen) atoms. The molecule has 0 saturated carbocycles. The second-order valence-corrected chi connectivity index (χ2v) is 4.52. The Morgan fingerprint density at radius 1 is 1.50 bits per heavy atom. The first kappa shape index (κ1) is 12.7. The van der Waals surface area contributed by atoms with Gasteiger partial charge in [0.2, 0.25) is 0 Å². The van der Waals surface area contributed by atoms with Crippen molar-refractivity contribution in [2.45, 2.75) is 37.4 Å². The summed E-state index contributed by atoms with van der Waals surface area (Å²) in [4.78, 5) is 0.434. The number of hydrogen-bond acceptors (Lipinski definition) is 4. The zero-order valence-electron chi connectivity index (χ0n) is 7.16. The summed E-state index contributed by atoms with van der Waals surface area (Å²) in [6.07, 6.45) is 4.87. The Kier molecular flexibility index (Phi) is 10.4. The van der Waals surface area contributed by atoms with Crippen molar-refractivity contribution >= 4 is 28.0 Å². The van der Waals surface area contributed by atoms with Gasteiger partial charge in [-0.25, -0.2) is 5.26 Å². The fraction of sp³-hybridized carbons (Fsp3) is 1.00. The van der Waals surface area contributed by atoms with Gasteiger partial charge in [-0.1, -0.05) is 47.2 Å². The van der Waals surface area contributed by atoms with Crippen molar-refractivity contribution in [1.82, 2.24) is 0 Å². The highest BCUT2D eigenvalue weighted by Crippen LogP contribution is 2.16. The molecule has 0 aromatic heterocycles. The largest absolute Gasteiger partial charge is 0.220 e. The molecule has 0 rings (SSSR count). The Balaban J connectivity index is 3.04. The maximum Gasteiger partial charge on any atom is 0.0357 e. The van der Waals surface area contributed by atoms with Gasteiger partial charge in [0.05, 0.1) is 0 Å². The van der Waals surface area contributed by atoms with Crippen LogP contribution in [0.4, 0.5) is 0 Å². The molecule has 0 aliphatic rings. The number of hydrogen-bond donors (Lipinski definition) is 1. The van der Waals surface area contributed by atoms with E-state index in [1.165, 1.54) is 19.3 Å². The first-order valence-electron chi connectivity index (χ1n) is 4.05. The monoisotopic (exact) mass is 258 g/mol. The summed E-state index contributed by atoms with van der Waals surface area (Å²) >= 11 is 4.60. The highest BCUT2D eigenvalue weighted by molar-refractivity contribution is 9.09. The van der Waals surface area contributed by atoms with E-state index in [0.29, 0.717) is 4.83 Å². The van der Waals surface area contributed by atoms with Crippen LogP contribution < -0.4 is 0 Å². The summed E-state index contributed by atoms with van der Waals surface area (Å²) in [6.45, 7) is 2.18. The number of alkyl halides is 1. The molecular formula is C7H15BrO3S. The molecule has 1 atom stereocenters. The Hall–Kier alpha value is 0.710. The zero-order valence-corrected chi connectivity index (χ0v) is 9.57. The van der Waals surface area contributed by atoms with Gasteiger partial charge in [0.15, 0.2) is 0 Å². The molecule has 0 spiro atoms. The molecule has 0 fully saturated rings. The minimum Gasteiger partial charge on any atom is -0.220 e. The van der Waals surface area contributed by atoms with Crippen LogP contribution in [0.2, 0.25) is 0 Å². The molecule has 0 bridgehead atoms. The Morgan fingerprint density at radius 2 is 2.25 bits per heavy atom. The molecule has 5 heteroatoms. The Labute approximate surface area is 86.0 Å². The van der Waals surface area contributed by atoms with E-state index in [1.54, 1.807) is 0 Å². The van der Waals surface area contributed by atoms with E-state index in [9.17, 15) is 0 Å². The summed E-state index contributed by atoms with van der Waals surface area (Å²) in [5.74, 6) is 0.782. The van der Waals surface area contributed by atoms with E-state index < -0.39 is 0 Å². The van der Waals surface area contributed by atoms with E-state index in [1.807, 2.05) is 0 Å². The predicted molar refractivity (Wildman–Crippen MR) is 54.1 cm³/mol. The summed E-state index contributed by atoms with van der Waals surface area (Å²) in [6, 6.07) is 0. The second-order valence-electron chi connectivity index (χ2n) is 2.52. The van der Waals surface area contributed by atoms with Crippen molar-refractivity contribution in [3.63, 3.8) is 0 Å². The van der Waals surface area contributed by atoms with E-state index in [4.69, 9.17) is 5.26 Å². The van der Waals surface area contributed by atoms with Gasteiger partial charge in [-0.2, -0.15) is 0 Å². The number of halogens is 1. The molecule has 0 saturated heterocycles. The van der Waals surface area contributed by atoms with Gasteiger partial charge < -0.3 is 0 Å².